The maximum absolute atomic E-state index is 10.3. The summed E-state index contributed by atoms with van der Waals surface area (Å²) in [6.07, 6.45) is 4.80. The third-order valence-electron chi connectivity index (χ3n) is 4.85. The number of aliphatic hydroxyl groups excluding tert-OH is 1. The van der Waals surface area contributed by atoms with Gasteiger partial charge in [-0.05, 0) is 51.3 Å². The van der Waals surface area contributed by atoms with Crippen molar-refractivity contribution in [1.82, 2.24) is 10.2 Å². The smallest absolute Gasteiger partial charge is 0.0914 e. The summed E-state index contributed by atoms with van der Waals surface area (Å²) in [4.78, 5) is 2.63. The van der Waals surface area contributed by atoms with Crippen LogP contribution in [0.25, 0.3) is 0 Å². The number of aliphatic hydroxyl groups is 1. The van der Waals surface area contributed by atoms with Gasteiger partial charge < -0.3 is 15.3 Å². The van der Waals surface area contributed by atoms with Crippen LogP contribution < -0.4 is 5.32 Å². The first-order valence-electron chi connectivity index (χ1n) is 7.94. The van der Waals surface area contributed by atoms with Crippen molar-refractivity contribution < 1.29 is 5.11 Å². The molecule has 0 amide bonds. The molecule has 3 unspecified atom stereocenters. The van der Waals surface area contributed by atoms with Crippen LogP contribution in [0.2, 0.25) is 0 Å². The molecule has 2 saturated heterocycles. The monoisotopic (exact) mass is 274 g/mol. The van der Waals surface area contributed by atoms with Gasteiger partial charge in [-0.25, -0.2) is 0 Å². The minimum atomic E-state index is -0.392. The number of aryl methyl sites for hydroxylation is 1. The second-order valence-electron chi connectivity index (χ2n) is 6.39. The Morgan fingerprint density at radius 3 is 3.10 bits per heavy atom. The fourth-order valence-electron chi connectivity index (χ4n) is 3.68. The Balaban J connectivity index is 1.49. The van der Waals surface area contributed by atoms with Crippen molar-refractivity contribution in [2.75, 3.05) is 19.6 Å². The quantitative estimate of drug-likeness (QED) is 0.884. The van der Waals surface area contributed by atoms with Crippen molar-refractivity contribution in [3.05, 3.63) is 35.4 Å². The Bertz CT molecular complexity index is 448. The predicted molar refractivity (Wildman–Crippen MR) is 81.8 cm³/mol. The standard InChI is InChI=1S/C17H26N2O/c1-13-4-2-5-14(10-13)17(20)12-18-15-7-9-19-8-3-6-16(19)11-15/h2,4-5,10,15-18,20H,3,6-9,11-12H2,1H3. The summed E-state index contributed by atoms with van der Waals surface area (Å²) in [5.74, 6) is 0. The molecule has 0 bridgehead atoms. The normalized spacial score (nSPS) is 28.3. The molecule has 2 N–H and O–H groups in total. The molecule has 2 aliphatic heterocycles. The van der Waals surface area contributed by atoms with Crippen LogP contribution in [-0.2, 0) is 0 Å². The van der Waals surface area contributed by atoms with Crippen LogP contribution in [0, 0.1) is 6.92 Å². The molecular formula is C17H26N2O. The van der Waals surface area contributed by atoms with Crippen LogP contribution in [0.4, 0.5) is 0 Å². The fourth-order valence-corrected chi connectivity index (χ4v) is 3.68. The minimum Gasteiger partial charge on any atom is -0.387 e. The van der Waals surface area contributed by atoms with Gasteiger partial charge >= 0.3 is 0 Å². The second kappa shape index (κ2) is 6.25. The van der Waals surface area contributed by atoms with Crippen LogP contribution in [0.15, 0.2) is 24.3 Å². The number of nitrogens with one attached hydrogen (secondary N) is 1. The number of hydrogen-bond acceptors (Lipinski definition) is 3. The maximum atomic E-state index is 10.3. The Labute approximate surface area is 122 Å². The van der Waals surface area contributed by atoms with Crippen molar-refractivity contribution in [2.24, 2.45) is 0 Å². The zero-order valence-electron chi connectivity index (χ0n) is 12.4. The lowest BCUT2D eigenvalue weighted by Gasteiger charge is -2.35. The average molecular weight is 274 g/mol. The van der Waals surface area contributed by atoms with Gasteiger partial charge in [-0.2, -0.15) is 0 Å². The molecule has 2 heterocycles. The van der Waals surface area contributed by atoms with E-state index >= 15 is 0 Å². The van der Waals surface area contributed by atoms with E-state index in [4.69, 9.17) is 0 Å². The number of nitrogens with zero attached hydrogens (tertiary/aromatic N) is 1. The highest BCUT2D eigenvalue weighted by atomic mass is 16.3. The molecule has 110 valence electrons. The lowest BCUT2D eigenvalue weighted by Crippen LogP contribution is -2.46. The lowest BCUT2D eigenvalue weighted by atomic mass is 9.97. The van der Waals surface area contributed by atoms with Gasteiger partial charge in [-0.15, -0.1) is 0 Å². The van der Waals surface area contributed by atoms with Gasteiger partial charge in [0, 0.05) is 18.6 Å². The highest BCUT2D eigenvalue weighted by Gasteiger charge is 2.31. The summed E-state index contributed by atoms with van der Waals surface area (Å²) in [6, 6.07) is 9.54. The molecule has 0 radical (unpaired) electrons. The van der Waals surface area contributed by atoms with Crippen LogP contribution >= 0.6 is 0 Å². The van der Waals surface area contributed by atoms with E-state index in [1.54, 1.807) is 0 Å². The highest BCUT2D eigenvalue weighted by molar-refractivity contribution is 5.24. The van der Waals surface area contributed by atoms with Crippen LogP contribution in [-0.4, -0.2) is 41.7 Å². The van der Waals surface area contributed by atoms with E-state index in [1.165, 1.54) is 44.3 Å². The van der Waals surface area contributed by atoms with Crippen molar-refractivity contribution in [1.29, 1.82) is 0 Å². The fraction of sp³-hybridized carbons (Fsp3) is 0.647. The molecule has 1 aromatic carbocycles. The van der Waals surface area contributed by atoms with E-state index in [0.29, 0.717) is 12.6 Å². The Kier molecular flexibility index (Phi) is 4.39. The number of benzene rings is 1. The van der Waals surface area contributed by atoms with E-state index in [0.717, 1.165) is 11.6 Å². The van der Waals surface area contributed by atoms with Gasteiger partial charge in [0.05, 0.1) is 6.10 Å². The zero-order valence-corrected chi connectivity index (χ0v) is 12.4. The average Bonchev–Trinajstić information content (AvgIpc) is 2.92. The summed E-state index contributed by atoms with van der Waals surface area (Å²) in [7, 11) is 0. The third kappa shape index (κ3) is 3.22. The summed E-state index contributed by atoms with van der Waals surface area (Å²) < 4.78 is 0. The molecule has 3 rings (SSSR count). The van der Waals surface area contributed by atoms with E-state index in [-0.39, 0.29) is 0 Å². The molecule has 2 fully saturated rings. The van der Waals surface area contributed by atoms with Gasteiger partial charge in [0.1, 0.15) is 0 Å². The second-order valence-corrected chi connectivity index (χ2v) is 6.39. The highest BCUT2D eigenvalue weighted by Crippen LogP contribution is 2.27. The maximum Gasteiger partial charge on any atom is 0.0914 e. The molecule has 0 aliphatic carbocycles. The van der Waals surface area contributed by atoms with E-state index in [2.05, 4.69) is 29.3 Å². The Morgan fingerprint density at radius 2 is 2.25 bits per heavy atom. The molecule has 3 heteroatoms. The molecule has 20 heavy (non-hydrogen) atoms. The van der Waals surface area contributed by atoms with Gasteiger partial charge in [-0.1, -0.05) is 29.8 Å². The van der Waals surface area contributed by atoms with Gasteiger partial charge in [0.2, 0.25) is 0 Å². The van der Waals surface area contributed by atoms with Crippen LogP contribution in [0.3, 0.4) is 0 Å². The topological polar surface area (TPSA) is 35.5 Å². The predicted octanol–water partition coefficient (Wildman–Crippen LogP) is 2.24. The van der Waals surface area contributed by atoms with Crippen molar-refractivity contribution in [3.8, 4) is 0 Å². The molecule has 3 nitrogen and oxygen atoms in total. The number of piperidine rings is 1. The van der Waals surface area contributed by atoms with Crippen LogP contribution in [0.5, 0.6) is 0 Å². The van der Waals surface area contributed by atoms with Crippen molar-refractivity contribution in [2.45, 2.75) is 50.8 Å². The number of hydrogen-bond donors (Lipinski definition) is 2. The molecule has 0 aromatic heterocycles. The van der Waals surface area contributed by atoms with Gasteiger partial charge in [-0.3, -0.25) is 0 Å². The van der Waals surface area contributed by atoms with E-state index < -0.39 is 6.10 Å². The number of fused-ring (bicyclic) bond motifs is 1. The largest absolute Gasteiger partial charge is 0.387 e. The molecule has 3 atom stereocenters. The summed E-state index contributed by atoms with van der Waals surface area (Å²) in [5.41, 5.74) is 2.23. The first-order chi connectivity index (χ1) is 9.72. The summed E-state index contributed by atoms with van der Waals surface area (Å²) >= 11 is 0. The van der Waals surface area contributed by atoms with Crippen molar-refractivity contribution in [3.63, 3.8) is 0 Å². The zero-order chi connectivity index (χ0) is 13.9. The third-order valence-corrected chi connectivity index (χ3v) is 4.85. The molecule has 1 aromatic rings. The van der Waals surface area contributed by atoms with E-state index in [9.17, 15) is 5.11 Å². The summed E-state index contributed by atoms with van der Waals surface area (Å²) in [5, 5.41) is 13.9. The first-order valence-corrected chi connectivity index (χ1v) is 7.94. The van der Waals surface area contributed by atoms with E-state index in [1.807, 2.05) is 12.1 Å². The van der Waals surface area contributed by atoms with Gasteiger partial charge in [0.25, 0.3) is 0 Å². The lowest BCUT2D eigenvalue weighted by molar-refractivity contribution is 0.138. The molecule has 2 aliphatic rings. The molecular weight excluding hydrogens is 248 g/mol. The minimum absolute atomic E-state index is 0.392. The Hall–Kier alpha value is -0.900. The number of rotatable bonds is 4. The first kappa shape index (κ1) is 14.1. The summed E-state index contributed by atoms with van der Waals surface area (Å²) in [6.45, 7) is 5.26. The molecule has 0 saturated carbocycles. The SMILES string of the molecule is Cc1cccc(C(O)CNC2CCN3CCCC3C2)c1. The van der Waals surface area contributed by atoms with Crippen LogP contribution in [0.1, 0.15) is 42.9 Å². The molecule has 0 spiro atoms. The Morgan fingerprint density at radius 1 is 1.35 bits per heavy atom. The van der Waals surface area contributed by atoms with Crippen molar-refractivity contribution >= 4 is 0 Å². The van der Waals surface area contributed by atoms with Gasteiger partial charge in [0.15, 0.2) is 0 Å².